The lowest BCUT2D eigenvalue weighted by Gasteiger charge is -2.56. The van der Waals surface area contributed by atoms with Crippen molar-refractivity contribution in [3.8, 4) is 0 Å². The third-order valence-corrected chi connectivity index (χ3v) is 8.62. The molecule has 0 heterocycles. The van der Waals surface area contributed by atoms with Crippen LogP contribution in [0.2, 0.25) is 0 Å². The summed E-state index contributed by atoms with van der Waals surface area (Å²) in [5.41, 5.74) is 0.903. The Morgan fingerprint density at radius 2 is 2.00 bits per heavy atom. The minimum atomic E-state index is -0.580. The number of rotatable bonds is 2. The largest absolute Gasteiger partial charge is 0.389 e. The van der Waals surface area contributed by atoms with Gasteiger partial charge < -0.3 is 5.11 Å². The molecule has 4 aliphatic carbocycles. The van der Waals surface area contributed by atoms with E-state index in [1.165, 1.54) is 18.4 Å². The first-order chi connectivity index (χ1) is 11.4. The smallest absolute Gasteiger partial charge is 0.155 e. The fraction of sp³-hybridized carbons (Fsp3) is 0.773. The van der Waals surface area contributed by atoms with Crippen LogP contribution in [0.4, 0.5) is 0 Å². The number of ketones is 1. The highest BCUT2D eigenvalue weighted by atomic mass is 16.3. The van der Waals surface area contributed by atoms with Crippen LogP contribution in [0.25, 0.3) is 0 Å². The molecular weight excluding hydrogens is 296 g/mol. The zero-order valence-electron chi connectivity index (χ0n) is 15.3. The van der Waals surface area contributed by atoms with Crippen LogP contribution >= 0.6 is 0 Å². The van der Waals surface area contributed by atoms with Crippen molar-refractivity contribution in [3.63, 3.8) is 0 Å². The molecule has 0 saturated heterocycles. The normalized spacial score (nSPS) is 48.8. The molecule has 0 bridgehead atoms. The van der Waals surface area contributed by atoms with E-state index in [-0.39, 0.29) is 11.3 Å². The Bertz CT molecular complexity index is 591. The Morgan fingerprint density at radius 1 is 1.21 bits per heavy atom. The van der Waals surface area contributed by atoms with Crippen molar-refractivity contribution in [1.29, 1.82) is 0 Å². The number of allylic oxidation sites excluding steroid dienone is 1. The van der Waals surface area contributed by atoms with E-state index in [0.717, 1.165) is 50.4 Å². The van der Waals surface area contributed by atoms with Crippen LogP contribution in [0.1, 0.15) is 65.2 Å². The number of aliphatic hydroxyl groups is 1. The number of carbonyl (C=O) groups excluding carboxylic acids is 1. The van der Waals surface area contributed by atoms with Gasteiger partial charge in [0.1, 0.15) is 0 Å². The zero-order valence-corrected chi connectivity index (χ0v) is 15.3. The molecule has 4 rings (SSSR count). The van der Waals surface area contributed by atoms with Gasteiger partial charge in [0, 0.05) is 12.3 Å². The lowest BCUT2D eigenvalue weighted by Crippen LogP contribution is -2.55. The van der Waals surface area contributed by atoms with Crippen molar-refractivity contribution in [2.45, 2.75) is 70.8 Å². The number of hydrogen-bond donors (Lipinski definition) is 1. The molecule has 24 heavy (non-hydrogen) atoms. The van der Waals surface area contributed by atoms with E-state index in [9.17, 15) is 9.90 Å². The summed E-state index contributed by atoms with van der Waals surface area (Å²) in [6, 6.07) is 0. The molecule has 7 atom stereocenters. The lowest BCUT2D eigenvalue weighted by atomic mass is 9.49. The van der Waals surface area contributed by atoms with Crippen molar-refractivity contribution < 1.29 is 9.90 Å². The standard InChI is InChI=1S/C22H32O2/c1-4-14(2)22(24)12-10-20-19-7-5-15-13-16(23)6-8-17(15)18(19)9-11-21(20,22)3/h4,13-14,17-20,24H,1,5-12H2,2-3H3/t14?,17-,18+,19+,20-,21-,22+/m0/s1. The summed E-state index contributed by atoms with van der Waals surface area (Å²) < 4.78 is 0. The van der Waals surface area contributed by atoms with Crippen molar-refractivity contribution in [2.24, 2.45) is 35.0 Å². The highest BCUT2D eigenvalue weighted by molar-refractivity contribution is 5.91. The van der Waals surface area contributed by atoms with Gasteiger partial charge in [-0.05, 0) is 80.1 Å². The highest BCUT2D eigenvalue weighted by Crippen LogP contribution is 2.66. The Labute approximate surface area is 146 Å². The molecule has 1 unspecified atom stereocenters. The zero-order chi connectivity index (χ0) is 17.1. The maximum absolute atomic E-state index is 11.8. The van der Waals surface area contributed by atoms with E-state index < -0.39 is 5.60 Å². The van der Waals surface area contributed by atoms with Gasteiger partial charge in [0.25, 0.3) is 0 Å². The van der Waals surface area contributed by atoms with Gasteiger partial charge in [-0.1, -0.05) is 25.5 Å². The quantitative estimate of drug-likeness (QED) is 0.747. The van der Waals surface area contributed by atoms with E-state index in [2.05, 4.69) is 20.4 Å². The van der Waals surface area contributed by atoms with E-state index in [1.807, 2.05) is 12.2 Å². The summed E-state index contributed by atoms with van der Waals surface area (Å²) in [6.07, 6.45) is 12.5. The predicted molar refractivity (Wildman–Crippen MR) is 96.4 cm³/mol. The SMILES string of the molecule is C=CC(C)[C@]1(O)CC[C@H]2[C@@H]3CCC4=CC(=O)CC[C@@H]4[C@H]3CC[C@@]21C. The van der Waals surface area contributed by atoms with Gasteiger partial charge in [0.15, 0.2) is 5.78 Å². The second-order valence-corrected chi connectivity index (χ2v) is 9.25. The van der Waals surface area contributed by atoms with Gasteiger partial charge in [-0.25, -0.2) is 0 Å². The third-order valence-electron chi connectivity index (χ3n) is 8.62. The fourth-order valence-electron chi connectivity index (χ4n) is 7.17. The minimum Gasteiger partial charge on any atom is -0.389 e. The molecule has 132 valence electrons. The first-order valence-electron chi connectivity index (χ1n) is 9.99. The monoisotopic (exact) mass is 328 g/mol. The van der Waals surface area contributed by atoms with Crippen molar-refractivity contribution in [3.05, 3.63) is 24.3 Å². The summed E-state index contributed by atoms with van der Waals surface area (Å²) in [5, 5.41) is 11.5. The fourth-order valence-corrected chi connectivity index (χ4v) is 7.17. The highest BCUT2D eigenvalue weighted by Gasteiger charge is 2.63. The third kappa shape index (κ3) is 2.08. The molecular formula is C22H32O2. The van der Waals surface area contributed by atoms with E-state index in [1.54, 1.807) is 0 Å². The van der Waals surface area contributed by atoms with Crippen LogP contribution in [0.3, 0.4) is 0 Å². The first kappa shape index (κ1) is 16.6. The van der Waals surface area contributed by atoms with Gasteiger partial charge >= 0.3 is 0 Å². The lowest BCUT2D eigenvalue weighted by molar-refractivity contribution is -0.136. The topological polar surface area (TPSA) is 37.3 Å². The molecule has 4 aliphatic rings. The van der Waals surface area contributed by atoms with Crippen LogP contribution in [0.15, 0.2) is 24.3 Å². The maximum Gasteiger partial charge on any atom is 0.155 e. The summed E-state index contributed by atoms with van der Waals surface area (Å²) in [6.45, 7) is 8.46. The summed E-state index contributed by atoms with van der Waals surface area (Å²) >= 11 is 0. The number of carbonyl (C=O) groups is 1. The van der Waals surface area contributed by atoms with Crippen LogP contribution < -0.4 is 0 Å². The molecule has 3 saturated carbocycles. The second kappa shape index (κ2) is 5.56. The average molecular weight is 328 g/mol. The van der Waals surface area contributed by atoms with E-state index >= 15 is 0 Å². The minimum absolute atomic E-state index is 0.0352. The second-order valence-electron chi connectivity index (χ2n) is 9.25. The molecule has 0 aromatic heterocycles. The summed E-state index contributed by atoms with van der Waals surface area (Å²) in [4.78, 5) is 11.8. The Morgan fingerprint density at radius 3 is 2.75 bits per heavy atom. The van der Waals surface area contributed by atoms with Gasteiger partial charge in [-0.15, -0.1) is 6.58 Å². The van der Waals surface area contributed by atoms with Crippen molar-refractivity contribution in [1.82, 2.24) is 0 Å². The van der Waals surface area contributed by atoms with E-state index in [0.29, 0.717) is 17.6 Å². The molecule has 0 aliphatic heterocycles. The molecule has 0 spiro atoms. The molecule has 2 nitrogen and oxygen atoms in total. The van der Waals surface area contributed by atoms with Gasteiger partial charge in [-0.3, -0.25) is 4.79 Å². The van der Waals surface area contributed by atoms with Crippen LogP contribution in [-0.2, 0) is 4.79 Å². The van der Waals surface area contributed by atoms with Crippen molar-refractivity contribution in [2.75, 3.05) is 0 Å². The Hall–Kier alpha value is -0.890. The number of hydrogen-bond acceptors (Lipinski definition) is 2. The van der Waals surface area contributed by atoms with Crippen LogP contribution in [0.5, 0.6) is 0 Å². The molecule has 3 fully saturated rings. The molecule has 1 N–H and O–H groups in total. The van der Waals surface area contributed by atoms with Gasteiger partial charge in [0.2, 0.25) is 0 Å². The predicted octanol–water partition coefficient (Wildman–Crippen LogP) is 4.68. The molecule has 0 aromatic rings. The number of fused-ring (bicyclic) bond motifs is 5. The van der Waals surface area contributed by atoms with Crippen LogP contribution in [-0.4, -0.2) is 16.5 Å². The Balaban J connectivity index is 1.64. The average Bonchev–Trinajstić information content (AvgIpc) is 2.86. The molecule has 0 amide bonds. The summed E-state index contributed by atoms with van der Waals surface area (Å²) in [5.74, 6) is 3.29. The maximum atomic E-state index is 11.8. The Kier molecular flexibility index (Phi) is 3.84. The van der Waals surface area contributed by atoms with Crippen molar-refractivity contribution >= 4 is 5.78 Å². The van der Waals surface area contributed by atoms with Gasteiger partial charge in [0.05, 0.1) is 5.60 Å². The summed E-state index contributed by atoms with van der Waals surface area (Å²) in [7, 11) is 0. The first-order valence-corrected chi connectivity index (χ1v) is 9.99. The van der Waals surface area contributed by atoms with E-state index in [4.69, 9.17) is 0 Å². The van der Waals surface area contributed by atoms with Crippen LogP contribution in [0, 0.1) is 35.0 Å². The molecule has 0 aromatic carbocycles. The molecule has 0 radical (unpaired) electrons. The molecule has 2 heteroatoms. The van der Waals surface area contributed by atoms with Gasteiger partial charge in [-0.2, -0.15) is 0 Å².